The Bertz CT molecular complexity index is 532. The second-order valence-electron chi connectivity index (χ2n) is 5.16. The summed E-state index contributed by atoms with van der Waals surface area (Å²) in [5.74, 6) is -0.531. The Labute approximate surface area is 149 Å². The first kappa shape index (κ1) is 22.2. The SMILES string of the molecule is CC.CCc1ccc(CC(NC(=O)OC(C)C)C(=O)OC)cc1Cl. The van der Waals surface area contributed by atoms with Gasteiger partial charge < -0.3 is 14.8 Å². The van der Waals surface area contributed by atoms with Crippen molar-refractivity contribution in [3.8, 4) is 0 Å². The molecule has 0 saturated carbocycles. The minimum Gasteiger partial charge on any atom is -0.467 e. The number of nitrogens with one attached hydrogen (secondary N) is 1. The molecule has 1 aromatic carbocycles. The molecule has 24 heavy (non-hydrogen) atoms. The molecular formula is C18H28ClNO4. The van der Waals surface area contributed by atoms with E-state index in [0.29, 0.717) is 5.02 Å². The van der Waals surface area contributed by atoms with Crippen LogP contribution in [-0.4, -0.2) is 31.3 Å². The molecule has 0 aliphatic carbocycles. The summed E-state index contributed by atoms with van der Waals surface area (Å²) in [6.07, 6.45) is 0.195. The Balaban J connectivity index is 0.00000254. The number of halogens is 1. The molecule has 0 saturated heterocycles. The lowest BCUT2D eigenvalue weighted by atomic mass is 10.0. The van der Waals surface area contributed by atoms with Crippen LogP contribution in [0.25, 0.3) is 0 Å². The number of carbonyl (C=O) groups excluding carboxylic acids is 2. The van der Waals surface area contributed by atoms with Crippen molar-refractivity contribution in [3.63, 3.8) is 0 Å². The van der Waals surface area contributed by atoms with Crippen LogP contribution in [0.3, 0.4) is 0 Å². The van der Waals surface area contributed by atoms with Crippen LogP contribution in [0, 0.1) is 0 Å². The fourth-order valence-electron chi connectivity index (χ4n) is 1.97. The molecule has 1 aromatic rings. The molecule has 1 amide bonds. The van der Waals surface area contributed by atoms with Crippen LogP contribution in [0.2, 0.25) is 5.02 Å². The van der Waals surface area contributed by atoms with Crippen molar-refractivity contribution in [2.45, 2.75) is 59.6 Å². The molecule has 136 valence electrons. The molecule has 0 fully saturated rings. The monoisotopic (exact) mass is 357 g/mol. The van der Waals surface area contributed by atoms with Crippen LogP contribution in [-0.2, 0) is 27.1 Å². The molecule has 6 heteroatoms. The van der Waals surface area contributed by atoms with E-state index in [9.17, 15) is 9.59 Å². The van der Waals surface area contributed by atoms with Gasteiger partial charge in [-0.05, 0) is 37.5 Å². The first-order valence-electron chi connectivity index (χ1n) is 8.19. The maximum absolute atomic E-state index is 11.8. The standard InChI is InChI=1S/C16H22ClNO4.C2H6/c1-5-12-7-6-11(8-13(12)17)9-14(15(19)21-4)18-16(20)22-10(2)3;1-2/h6-8,10,14H,5,9H2,1-4H3,(H,18,20);1-2H3. The van der Waals surface area contributed by atoms with Crippen molar-refractivity contribution in [3.05, 3.63) is 34.3 Å². The summed E-state index contributed by atoms with van der Waals surface area (Å²) in [7, 11) is 1.28. The quantitative estimate of drug-likeness (QED) is 0.777. The van der Waals surface area contributed by atoms with E-state index in [1.165, 1.54) is 7.11 Å². The van der Waals surface area contributed by atoms with Gasteiger partial charge in [-0.15, -0.1) is 0 Å². The van der Waals surface area contributed by atoms with E-state index in [-0.39, 0.29) is 12.5 Å². The summed E-state index contributed by atoms with van der Waals surface area (Å²) in [6.45, 7) is 9.48. The molecule has 0 radical (unpaired) electrons. The van der Waals surface area contributed by atoms with E-state index in [1.54, 1.807) is 19.9 Å². The molecule has 0 heterocycles. The van der Waals surface area contributed by atoms with E-state index in [2.05, 4.69) is 5.32 Å². The molecule has 0 aliphatic heterocycles. The normalized spacial score (nSPS) is 11.2. The first-order valence-corrected chi connectivity index (χ1v) is 8.57. The highest BCUT2D eigenvalue weighted by Gasteiger charge is 2.23. The molecule has 1 atom stereocenters. The van der Waals surface area contributed by atoms with Crippen molar-refractivity contribution < 1.29 is 19.1 Å². The highest BCUT2D eigenvalue weighted by atomic mass is 35.5. The molecule has 1 N–H and O–H groups in total. The third-order valence-electron chi connectivity index (χ3n) is 3.06. The van der Waals surface area contributed by atoms with Crippen LogP contribution in [0.5, 0.6) is 0 Å². The number of hydrogen-bond donors (Lipinski definition) is 1. The predicted molar refractivity (Wildman–Crippen MR) is 96.4 cm³/mol. The molecule has 0 spiro atoms. The summed E-state index contributed by atoms with van der Waals surface area (Å²) in [5.41, 5.74) is 1.87. The number of benzene rings is 1. The van der Waals surface area contributed by atoms with E-state index in [4.69, 9.17) is 21.1 Å². The lowest BCUT2D eigenvalue weighted by Gasteiger charge is -2.18. The fourth-order valence-corrected chi connectivity index (χ4v) is 2.30. The molecule has 0 aromatic heterocycles. The van der Waals surface area contributed by atoms with Gasteiger partial charge in [0.25, 0.3) is 0 Å². The van der Waals surface area contributed by atoms with Gasteiger partial charge in [0.05, 0.1) is 13.2 Å². The Morgan fingerprint density at radius 2 is 1.88 bits per heavy atom. The highest BCUT2D eigenvalue weighted by molar-refractivity contribution is 6.31. The van der Waals surface area contributed by atoms with Gasteiger partial charge in [-0.1, -0.05) is 44.5 Å². The van der Waals surface area contributed by atoms with Crippen molar-refractivity contribution >= 4 is 23.7 Å². The van der Waals surface area contributed by atoms with Crippen LogP contribution in [0.4, 0.5) is 4.79 Å². The van der Waals surface area contributed by atoms with E-state index in [0.717, 1.165) is 17.5 Å². The summed E-state index contributed by atoms with van der Waals surface area (Å²) in [6, 6.07) is 4.78. The second-order valence-corrected chi connectivity index (χ2v) is 5.56. The molecule has 0 bridgehead atoms. The fraction of sp³-hybridized carbons (Fsp3) is 0.556. The number of methoxy groups -OCH3 is 1. The van der Waals surface area contributed by atoms with E-state index >= 15 is 0 Å². The Kier molecular flexibility index (Phi) is 10.9. The molecule has 5 nitrogen and oxygen atoms in total. The van der Waals surface area contributed by atoms with Crippen LogP contribution < -0.4 is 5.32 Å². The average molecular weight is 358 g/mol. The molecular weight excluding hydrogens is 330 g/mol. The minimum absolute atomic E-state index is 0.267. The van der Waals surface area contributed by atoms with E-state index in [1.807, 2.05) is 32.9 Å². The summed E-state index contributed by atoms with van der Waals surface area (Å²) in [4.78, 5) is 23.5. The Hall–Kier alpha value is -1.75. The molecule has 0 aliphatic rings. The van der Waals surface area contributed by atoms with Crippen molar-refractivity contribution in [2.24, 2.45) is 0 Å². The number of carbonyl (C=O) groups is 2. The third kappa shape index (κ3) is 7.68. The van der Waals surface area contributed by atoms with Gasteiger partial charge in [-0.25, -0.2) is 9.59 Å². The minimum atomic E-state index is -0.820. The van der Waals surface area contributed by atoms with Crippen LogP contribution >= 0.6 is 11.6 Å². The third-order valence-corrected chi connectivity index (χ3v) is 3.41. The number of aryl methyl sites for hydroxylation is 1. The van der Waals surface area contributed by atoms with Gasteiger partial charge in [0, 0.05) is 11.4 Å². The average Bonchev–Trinajstić information content (AvgIpc) is 2.54. The number of ether oxygens (including phenoxy) is 2. The maximum atomic E-state index is 11.8. The largest absolute Gasteiger partial charge is 0.467 e. The molecule has 1 rings (SSSR count). The number of hydrogen-bond acceptors (Lipinski definition) is 4. The van der Waals surface area contributed by atoms with Gasteiger partial charge >= 0.3 is 12.1 Å². The van der Waals surface area contributed by atoms with Gasteiger partial charge in [-0.3, -0.25) is 0 Å². The summed E-state index contributed by atoms with van der Waals surface area (Å²) < 4.78 is 9.71. The number of amides is 1. The smallest absolute Gasteiger partial charge is 0.408 e. The summed E-state index contributed by atoms with van der Waals surface area (Å²) in [5, 5.41) is 3.16. The van der Waals surface area contributed by atoms with Gasteiger partial charge in [0.2, 0.25) is 0 Å². The van der Waals surface area contributed by atoms with Crippen molar-refractivity contribution in [1.29, 1.82) is 0 Å². The maximum Gasteiger partial charge on any atom is 0.408 e. The topological polar surface area (TPSA) is 64.6 Å². The zero-order valence-electron chi connectivity index (χ0n) is 15.3. The van der Waals surface area contributed by atoms with Crippen LogP contribution in [0.1, 0.15) is 45.7 Å². The summed E-state index contributed by atoms with van der Waals surface area (Å²) >= 11 is 6.17. The Morgan fingerprint density at radius 1 is 1.25 bits per heavy atom. The second kappa shape index (κ2) is 11.7. The molecule has 1 unspecified atom stereocenters. The Morgan fingerprint density at radius 3 is 2.33 bits per heavy atom. The van der Waals surface area contributed by atoms with Crippen molar-refractivity contribution in [1.82, 2.24) is 5.32 Å². The number of alkyl carbamates (subject to hydrolysis) is 1. The van der Waals surface area contributed by atoms with Crippen molar-refractivity contribution in [2.75, 3.05) is 7.11 Å². The zero-order chi connectivity index (χ0) is 18.7. The first-order chi connectivity index (χ1) is 11.4. The zero-order valence-corrected chi connectivity index (χ0v) is 16.1. The highest BCUT2D eigenvalue weighted by Crippen LogP contribution is 2.19. The van der Waals surface area contributed by atoms with Gasteiger partial charge in [-0.2, -0.15) is 0 Å². The van der Waals surface area contributed by atoms with Gasteiger partial charge in [0.1, 0.15) is 6.04 Å². The number of esters is 1. The predicted octanol–water partition coefficient (Wildman–Crippen LogP) is 4.15. The lowest BCUT2D eigenvalue weighted by molar-refractivity contribution is -0.143. The lowest BCUT2D eigenvalue weighted by Crippen LogP contribution is -2.43. The van der Waals surface area contributed by atoms with Gasteiger partial charge in [0.15, 0.2) is 0 Å². The van der Waals surface area contributed by atoms with Crippen LogP contribution in [0.15, 0.2) is 18.2 Å². The van der Waals surface area contributed by atoms with E-state index < -0.39 is 18.1 Å². The number of rotatable bonds is 6.